The molecule has 1 aliphatic heterocycles. The first-order chi connectivity index (χ1) is 10.4. The van der Waals surface area contributed by atoms with Crippen molar-refractivity contribution in [2.75, 3.05) is 11.4 Å². The third kappa shape index (κ3) is 2.51. The lowest BCUT2D eigenvalue weighted by Crippen LogP contribution is -2.31. The van der Waals surface area contributed by atoms with E-state index in [9.17, 15) is 9.90 Å². The maximum Gasteiger partial charge on any atom is 0.304 e. The molecule has 1 N–H and O–H groups in total. The number of carboxylic acid groups (broad SMARTS) is 1. The zero-order valence-corrected chi connectivity index (χ0v) is 13.3. The molecule has 0 unspecified atom stereocenters. The van der Waals surface area contributed by atoms with Gasteiger partial charge in [-0.05, 0) is 23.2 Å². The minimum absolute atomic E-state index is 0.0248. The van der Waals surface area contributed by atoms with Gasteiger partial charge in [-0.15, -0.1) is 0 Å². The molecule has 1 aromatic carbocycles. The van der Waals surface area contributed by atoms with Gasteiger partial charge in [0.05, 0.1) is 12.6 Å². The molecule has 1 aliphatic rings. The van der Waals surface area contributed by atoms with Crippen molar-refractivity contribution in [1.82, 2.24) is 9.97 Å². The molecule has 0 spiro atoms. The first-order valence-electron chi connectivity index (χ1n) is 6.67. The molecule has 5 nitrogen and oxygen atoms in total. The fourth-order valence-corrected chi connectivity index (χ4v) is 3.26. The van der Waals surface area contributed by atoms with Gasteiger partial charge in [0, 0.05) is 17.6 Å². The van der Waals surface area contributed by atoms with Crippen LogP contribution in [0.3, 0.4) is 0 Å². The lowest BCUT2D eigenvalue weighted by atomic mass is 9.81. The van der Waals surface area contributed by atoms with Gasteiger partial charge in [-0.1, -0.05) is 36.7 Å². The number of aromatic nitrogens is 2. The van der Waals surface area contributed by atoms with Crippen LogP contribution in [0.2, 0.25) is 10.3 Å². The molecule has 1 aromatic heterocycles. The number of fused-ring (bicyclic) bond motifs is 1. The van der Waals surface area contributed by atoms with Crippen molar-refractivity contribution in [3.05, 3.63) is 46.3 Å². The molecule has 0 bridgehead atoms. The number of benzene rings is 1. The number of aliphatic carboxylic acids is 1. The molecule has 3 rings (SSSR count). The molecule has 0 saturated carbocycles. The summed E-state index contributed by atoms with van der Waals surface area (Å²) in [5.41, 5.74) is 1.33. The van der Waals surface area contributed by atoms with Crippen molar-refractivity contribution in [1.29, 1.82) is 0 Å². The average Bonchev–Trinajstić information content (AvgIpc) is 2.74. The summed E-state index contributed by atoms with van der Waals surface area (Å²) in [6, 6.07) is 7.66. The van der Waals surface area contributed by atoms with Gasteiger partial charge in [0.2, 0.25) is 5.28 Å². The summed E-state index contributed by atoms with van der Waals surface area (Å²) in [6.45, 7) is 2.39. The van der Waals surface area contributed by atoms with Gasteiger partial charge in [0.15, 0.2) is 5.82 Å². The Labute approximate surface area is 137 Å². The lowest BCUT2D eigenvalue weighted by Gasteiger charge is -2.24. The molecule has 2 aromatic rings. The predicted octanol–water partition coefficient (Wildman–Crippen LogP) is 3.67. The van der Waals surface area contributed by atoms with Crippen molar-refractivity contribution in [2.24, 2.45) is 0 Å². The van der Waals surface area contributed by atoms with E-state index in [-0.39, 0.29) is 11.7 Å². The summed E-state index contributed by atoms with van der Waals surface area (Å²) < 4.78 is 0. The molecule has 0 aliphatic carbocycles. The third-order valence-electron chi connectivity index (χ3n) is 3.85. The normalized spacial score (nSPS) is 20.0. The molecule has 0 fully saturated rings. The zero-order chi connectivity index (χ0) is 15.9. The van der Waals surface area contributed by atoms with Crippen LogP contribution in [0.15, 0.2) is 30.5 Å². The Kier molecular flexibility index (Phi) is 3.70. The number of para-hydroxylation sites is 1. The Morgan fingerprint density at radius 1 is 1.41 bits per heavy atom. The van der Waals surface area contributed by atoms with Crippen LogP contribution >= 0.6 is 23.2 Å². The Morgan fingerprint density at radius 2 is 2.14 bits per heavy atom. The van der Waals surface area contributed by atoms with Crippen LogP contribution in [0.1, 0.15) is 18.9 Å². The molecule has 22 heavy (non-hydrogen) atoms. The number of carbonyl (C=O) groups is 1. The van der Waals surface area contributed by atoms with Crippen molar-refractivity contribution in [3.63, 3.8) is 0 Å². The summed E-state index contributed by atoms with van der Waals surface area (Å²) in [5, 5.41) is 9.70. The van der Waals surface area contributed by atoms with Crippen LogP contribution in [0.5, 0.6) is 0 Å². The monoisotopic (exact) mass is 337 g/mol. The van der Waals surface area contributed by atoms with Crippen LogP contribution in [0.4, 0.5) is 11.5 Å². The fourth-order valence-electron chi connectivity index (χ4n) is 2.94. The predicted molar refractivity (Wildman–Crippen MR) is 85.1 cm³/mol. The SMILES string of the molecule is C[C@]1(CC(=O)O)CN(c2nc(Cl)ncc2Cl)c2ccccc21. The highest BCUT2D eigenvalue weighted by atomic mass is 35.5. The van der Waals surface area contributed by atoms with Crippen LogP contribution < -0.4 is 4.90 Å². The molecule has 0 amide bonds. The Balaban J connectivity index is 2.12. The van der Waals surface area contributed by atoms with Crippen LogP contribution in [-0.4, -0.2) is 27.6 Å². The quantitative estimate of drug-likeness (QED) is 0.865. The van der Waals surface area contributed by atoms with Crippen molar-refractivity contribution >= 4 is 40.7 Å². The highest BCUT2D eigenvalue weighted by molar-refractivity contribution is 6.33. The molecule has 114 valence electrons. The maximum absolute atomic E-state index is 11.2. The molecule has 7 heteroatoms. The van der Waals surface area contributed by atoms with Gasteiger partial charge in [-0.2, -0.15) is 4.98 Å². The minimum Gasteiger partial charge on any atom is -0.481 e. The maximum atomic E-state index is 11.2. The van der Waals surface area contributed by atoms with Crippen LogP contribution in [0.25, 0.3) is 0 Å². The van der Waals surface area contributed by atoms with E-state index >= 15 is 0 Å². The van der Waals surface area contributed by atoms with Crippen molar-refractivity contribution in [3.8, 4) is 0 Å². The summed E-state index contributed by atoms with van der Waals surface area (Å²) >= 11 is 12.1. The standard InChI is InChI=1S/C15H13Cl2N3O2/c1-15(6-12(21)22)8-20(11-5-3-2-4-9(11)15)13-10(16)7-18-14(17)19-13/h2-5,7H,6,8H2,1H3,(H,21,22)/t15-/m0/s1. The lowest BCUT2D eigenvalue weighted by molar-refractivity contribution is -0.138. The van der Waals surface area contributed by atoms with Gasteiger partial charge in [0.1, 0.15) is 5.02 Å². The van der Waals surface area contributed by atoms with Crippen LogP contribution in [0, 0.1) is 0 Å². The number of nitrogens with zero attached hydrogens (tertiary/aromatic N) is 3. The van der Waals surface area contributed by atoms with E-state index in [0.717, 1.165) is 11.3 Å². The van der Waals surface area contributed by atoms with Gasteiger partial charge >= 0.3 is 5.97 Å². The highest BCUT2D eigenvalue weighted by Crippen LogP contribution is 2.46. The van der Waals surface area contributed by atoms with Gasteiger partial charge in [0.25, 0.3) is 0 Å². The second-order valence-electron chi connectivity index (χ2n) is 5.55. The molecular formula is C15H13Cl2N3O2. The van der Waals surface area contributed by atoms with Crippen LogP contribution in [-0.2, 0) is 10.2 Å². The van der Waals surface area contributed by atoms with E-state index in [1.807, 2.05) is 36.1 Å². The minimum atomic E-state index is -0.842. The van der Waals surface area contributed by atoms with Gasteiger partial charge in [-0.3, -0.25) is 4.79 Å². The molecule has 1 atom stereocenters. The second kappa shape index (κ2) is 5.41. The fraction of sp³-hybridized carbons (Fsp3) is 0.267. The summed E-state index contributed by atoms with van der Waals surface area (Å²) in [5.74, 6) is -0.353. The molecule has 2 heterocycles. The molecular weight excluding hydrogens is 325 g/mol. The van der Waals surface area contributed by atoms with E-state index in [4.69, 9.17) is 23.2 Å². The third-order valence-corrected chi connectivity index (χ3v) is 4.29. The molecule has 0 radical (unpaired) electrons. The summed E-state index contributed by atoms with van der Waals surface area (Å²) in [6.07, 6.45) is 1.47. The Morgan fingerprint density at radius 3 is 2.86 bits per heavy atom. The summed E-state index contributed by atoms with van der Waals surface area (Å²) in [4.78, 5) is 21.2. The zero-order valence-electron chi connectivity index (χ0n) is 11.8. The first kappa shape index (κ1) is 15.1. The van der Waals surface area contributed by atoms with Crippen molar-refractivity contribution in [2.45, 2.75) is 18.8 Å². The number of rotatable bonds is 3. The highest BCUT2D eigenvalue weighted by Gasteiger charge is 2.41. The Bertz CT molecular complexity index is 753. The number of halogens is 2. The van der Waals surface area contributed by atoms with Gasteiger partial charge < -0.3 is 10.0 Å². The van der Waals surface area contributed by atoms with E-state index in [0.29, 0.717) is 17.4 Å². The Hall–Kier alpha value is -1.85. The number of hydrogen-bond donors (Lipinski definition) is 1. The first-order valence-corrected chi connectivity index (χ1v) is 7.43. The van der Waals surface area contributed by atoms with E-state index in [1.165, 1.54) is 6.20 Å². The average molecular weight is 338 g/mol. The van der Waals surface area contributed by atoms with E-state index in [1.54, 1.807) is 0 Å². The van der Waals surface area contributed by atoms with Gasteiger partial charge in [-0.25, -0.2) is 4.98 Å². The smallest absolute Gasteiger partial charge is 0.304 e. The number of hydrogen-bond acceptors (Lipinski definition) is 4. The topological polar surface area (TPSA) is 66.3 Å². The molecule has 0 saturated heterocycles. The second-order valence-corrected chi connectivity index (χ2v) is 6.29. The summed E-state index contributed by atoms with van der Waals surface area (Å²) in [7, 11) is 0. The van der Waals surface area contributed by atoms with E-state index in [2.05, 4.69) is 9.97 Å². The number of carboxylic acids is 1. The largest absolute Gasteiger partial charge is 0.481 e. The van der Waals surface area contributed by atoms with E-state index < -0.39 is 11.4 Å². The number of anilines is 2. The van der Waals surface area contributed by atoms with Crippen molar-refractivity contribution < 1.29 is 9.90 Å².